The molecule has 0 radical (unpaired) electrons. The number of rotatable bonds is 8. The maximum absolute atomic E-state index is 13.2. The number of ether oxygens (including phenoxy) is 1. The Bertz CT molecular complexity index is 1490. The molecule has 1 aromatic heterocycles. The molecule has 13 heteroatoms. The van der Waals surface area contributed by atoms with Gasteiger partial charge in [-0.1, -0.05) is 23.7 Å². The summed E-state index contributed by atoms with van der Waals surface area (Å²) in [7, 11) is -1.01. The number of aliphatic hydroxyl groups excluding tert-OH is 1. The summed E-state index contributed by atoms with van der Waals surface area (Å²) in [6.45, 7) is 0.514. The number of carbonyl (C=O) groups is 1. The lowest BCUT2D eigenvalue weighted by Gasteiger charge is -2.27. The Morgan fingerprint density at radius 2 is 1.85 bits per heavy atom. The Morgan fingerprint density at radius 3 is 2.55 bits per heavy atom. The first kappa shape index (κ1) is 28.3. The van der Waals surface area contributed by atoms with E-state index in [4.69, 9.17) is 16.3 Å². The molecule has 5 rings (SSSR count). The zero-order valence-electron chi connectivity index (χ0n) is 22.1. The average Bonchev–Trinajstić information content (AvgIpc) is 3.21. The third kappa shape index (κ3) is 6.09. The number of halogens is 1. The van der Waals surface area contributed by atoms with E-state index in [1.165, 1.54) is 19.4 Å². The molecule has 3 aromatic rings. The molecule has 40 heavy (non-hydrogen) atoms. The Labute approximate surface area is 236 Å². The molecule has 1 aliphatic carbocycles. The summed E-state index contributed by atoms with van der Waals surface area (Å²) in [4.78, 5) is 42.2. The van der Waals surface area contributed by atoms with Crippen LogP contribution in [0.2, 0.25) is 5.02 Å². The Hall–Kier alpha value is -3.21. The number of methoxy groups -OCH3 is 1. The summed E-state index contributed by atoms with van der Waals surface area (Å²) in [6, 6.07) is 8.67. The van der Waals surface area contributed by atoms with Crippen molar-refractivity contribution < 1.29 is 29.0 Å². The van der Waals surface area contributed by atoms with E-state index >= 15 is 0 Å². The van der Waals surface area contributed by atoms with Crippen LogP contribution in [-0.4, -0.2) is 55.9 Å². The SMILES string of the molecule is COc1cc(CP(=O)(O)O)ccc1Nc1ncc(Cl)c(Nc2ccc([C@H]3CC[C@H](O)CC3)c3c2C(=O)N(C)C3)n1. The highest BCUT2D eigenvalue weighted by Gasteiger charge is 2.33. The van der Waals surface area contributed by atoms with Gasteiger partial charge in [0.05, 0.1) is 42.5 Å². The molecule has 1 saturated carbocycles. The van der Waals surface area contributed by atoms with E-state index in [0.29, 0.717) is 46.5 Å². The molecule has 1 amide bonds. The fourth-order valence-corrected chi connectivity index (χ4v) is 6.20. The standard InChI is InChI=1S/C27H31ClN5O6P/c1-33-13-19-18(16-4-6-17(34)7-5-16)8-10-22(24(19)26(33)35)30-25-20(28)12-29-27(32-25)31-21-9-3-15(11-23(21)39-2)14-40(36,37)38/h3,8-12,16-17,34H,4-7,13-14H2,1-2H3,(H2,36,37,38)(H2,29,30,31,32)/t16-,17-. The normalized spacial score (nSPS) is 18.9. The minimum atomic E-state index is -4.23. The summed E-state index contributed by atoms with van der Waals surface area (Å²) < 4.78 is 16.8. The van der Waals surface area contributed by atoms with Crippen molar-refractivity contribution >= 4 is 48.2 Å². The molecular weight excluding hydrogens is 557 g/mol. The van der Waals surface area contributed by atoms with Crippen molar-refractivity contribution in [3.63, 3.8) is 0 Å². The third-order valence-electron chi connectivity index (χ3n) is 7.34. The fraction of sp³-hybridized carbons (Fsp3) is 0.370. The van der Waals surface area contributed by atoms with Crippen molar-refractivity contribution in [3.8, 4) is 5.75 Å². The van der Waals surface area contributed by atoms with Crippen LogP contribution in [0.15, 0.2) is 36.5 Å². The molecule has 0 spiro atoms. The summed E-state index contributed by atoms with van der Waals surface area (Å²) in [6.07, 6.45) is 4.05. The zero-order chi connectivity index (χ0) is 28.6. The van der Waals surface area contributed by atoms with Crippen molar-refractivity contribution in [2.45, 2.75) is 50.4 Å². The van der Waals surface area contributed by atoms with Crippen LogP contribution in [0.1, 0.15) is 58.6 Å². The molecule has 2 heterocycles. The van der Waals surface area contributed by atoms with Crippen LogP contribution < -0.4 is 15.4 Å². The van der Waals surface area contributed by atoms with Crippen molar-refractivity contribution in [2.75, 3.05) is 24.8 Å². The number of hydrogen-bond donors (Lipinski definition) is 5. The second kappa shape index (κ2) is 11.3. The number of nitrogens with zero attached hydrogens (tertiary/aromatic N) is 3. The largest absolute Gasteiger partial charge is 0.495 e. The van der Waals surface area contributed by atoms with Crippen LogP contribution in [0, 0.1) is 0 Å². The Kier molecular flexibility index (Phi) is 8.03. The predicted molar refractivity (Wildman–Crippen MR) is 152 cm³/mol. The summed E-state index contributed by atoms with van der Waals surface area (Å²) >= 11 is 6.44. The van der Waals surface area contributed by atoms with Gasteiger partial charge in [0, 0.05) is 13.6 Å². The minimum absolute atomic E-state index is 0.0844. The van der Waals surface area contributed by atoms with Crippen molar-refractivity contribution in [1.29, 1.82) is 0 Å². The number of nitrogens with one attached hydrogen (secondary N) is 2. The van der Waals surface area contributed by atoms with Crippen LogP contribution in [-0.2, 0) is 17.3 Å². The first-order valence-electron chi connectivity index (χ1n) is 12.9. The quantitative estimate of drug-likeness (QED) is 0.229. The lowest BCUT2D eigenvalue weighted by atomic mass is 9.80. The highest BCUT2D eigenvalue weighted by molar-refractivity contribution is 7.50. The summed E-state index contributed by atoms with van der Waals surface area (Å²) in [5, 5.41) is 16.5. The number of anilines is 4. The molecular formula is C27H31ClN5O6P. The van der Waals surface area contributed by atoms with E-state index in [1.807, 2.05) is 12.1 Å². The lowest BCUT2D eigenvalue weighted by Crippen LogP contribution is -2.18. The van der Waals surface area contributed by atoms with Gasteiger partial charge in [-0.15, -0.1) is 0 Å². The first-order chi connectivity index (χ1) is 19.0. The van der Waals surface area contributed by atoms with Gasteiger partial charge in [0.15, 0.2) is 5.82 Å². The van der Waals surface area contributed by atoms with Gasteiger partial charge in [-0.3, -0.25) is 9.36 Å². The van der Waals surface area contributed by atoms with Gasteiger partial charge in [0.2, 0.25) is 5.95 Å². The van der Waals surface area contributed by atoms with Crippen LogP contribution in [0.5, 0.6) is 5.75 Å². The van der Waals surface area contributed by atoms with Crippen LogP contribution in [0.3, 0.4) is 0 Å². The summed E-state index contributed by atoms with van der Waals surface area (Å²) in [5.41, 5.74) is 4.24. The molecule has 11 nitrogen and oxygen atoms in total. The van der Waals surface area contributed by atoms with Crippen molar-refractivity contribution in [2.24, 2.45) is 0 Å². The Morgan fingerprint density at radius 1 is 1.12 bits per heavy atom. The molecule has 1 aliphatic heterocycles. The molecule has 0 saturated heterocycles. The molecule has 1 fully saturated rings. The van der Waals surface area contributed by atoms with Crippen LogP contribution in [0.4, 0.5) is 23.1 Å². The lowest BCUT2D eigenvalue weighted by molar-refractivity contribution is 0.0817. The number of fused-ring (bicyclic) bond motifs is 1. The Balaban J connectivity index is 1.42. The maximum atomic E-state index is 13.2. The number of benzene rings is 2. The van der Waals surface area contributed by atoms with Gasteiger partial charge in [-0.05, 0) is 66.5 Å². The van der Waals surface area contributed by atoms with Crippen molar-refractivity contribution in [1.82, 2.24) is 14.9 Å². The smallest absolute Gasteiger partial charge is 0.329 e. The van der Waals surface area contributed by atoms with E-state index in [2.05, 4.69) is 20.6 Å². The van der Waals surface area contributed by atoms with Crippen LogP contribution in [0.25, 0.3) is 0 Å². The van der Waals surface area contributed by atoms with Gasteiger partial charge in [0.25, 0.3) is 5.91 Å². The first-order valence-corrected chi connectivity index (χ1v) is 15.1. The monoisotopic (exact) mass is 587 g/mol. The van der Waals surface area contributed by atoms with E-state index in [1.54, 1.807) is 24.1 Å². The van der Waals surface area contributed by atoms with Gasteiger partial charge >= 0.3 is 7.60 Å². The average molecular weight is 588 g/mol. The number of aliphatic hydroxyl groups is 1. The molecule has 5 N–H and O–H groups in total. The predicted octanol–water partition coefficient (Wildman–Crippen LogP) is 4.91. The number of aromatic nitrogens is 2. The highest BCUT2D eigenvalue weighted by atomic mass is 35.5. The van der Waals surface area contributed by atoms with Gasteiger partial charge in [-0.2, -0.15) is 4.98 Å². The summed E-state index contributed by atoms with van der Waals surface area (Å²) in [5.74, 6) is 1.07. The number of hydrogen-bond acceptors (Lipinski definition) is 8. The zero-order valence-corrected chi connectivity index (χ0v) is 23.7. The maximum Gasteiger partial charge on any atom is 0.329 e. The molecule has 2 aromatic carbocycles. The van der Waals surface area contributed by atoms with E-state index in [9.17, 15) is 24.3 Å². The van der Waals surface area contributed by atoms with Gasteiger partial charge in [0.1, 0.15) is 10.8 Å². The topological polar surface area (TPSA) is 157 Å². The highest BCUT2D eigenvalue weighted by Crippen LogP contribution is 2.42. The number of amides is 1. The molecule has 2 aliphatic rings. The van der Waals surface area contributed by atoms with Gasteiger partial charge < -0.3 is 35.2 Å². The molecule has 0 unspecified atom stereocenters. The second-order valence-electron chi connectivity index (χ2n) is 10.2. The number of carbonyl (C=O) groups excluding carboxylic acids is 1. The fourth-order valence-electron chi connectivity index (χ4n) is 5.39. The van der Waals surface area contributed by atoms with Crippen LogP contribution >= 0.6 is 19.2 Å². The van der Waals surface area contributed by atoms with E-state index in [0.717, 1.165) is 36.8 Å². The van der Waals surface area contributed by atoms with Crippen molar-refractivity contribution in [3.05, 3.63) is 63.8 Å². The molecule has 0 bridgehead atoms. The minimum Gasteiger partial charge on any atom is -0.495 e. The molecule has 0 atom stereocenters. The third-order valence-corrected chi connectivity index (χ3v) is 8.39. The van der Waals surface area contributed by atoms with E-state index in [-0.39, 0.29) is 23.0 Å². The van der Waals surface area contributed by atoms with Gasteiger partial charge in [-0.25, -0.2) is 4.98 Å². The van der Waals surface area contributed by atoms with E-state index < -0.39 is 13.8 Å². The second-order valence-corrected chi connectivity index (χ2v) is 12.3. The molecule has 212 valence electrons.